The number of carbonyl (C=O) groups excluding carboxylic acids is 1. The Bertz CT molecular complexity index is 881. The van der Waals surface area contributed by atoms with E-state index in [1.165, 1.54) is 29.8 Å². The second kappa shape index (κ2) is 8.75. The molecule has 2 N–H and O–H groups in total. The van der Waals surface area contributed by atoms with E-state index in [-0.39, 0.29) is 5.91 Å². The summed E-state index contributed by atoms with van der Waals surface area (Å²) < 4.78 is 18.0. The molecule has 0 fully saturated rings. The van der Waals surface area contributed by atoms with E-state index < -0.39 is 5.82 Å². The van der Waals surface area contributed by atoms with Crippen LogP contribution in [0.25, 0.3) is 0 Å². The number of benzene rings is 2. The number of ether oxygens (including phenoxy) is 1. The maximum atomic E-state index is 12.9. The summed E-state index contributed by atoms with van der Waals surface area (Å²) in [6.07, 6.45) is 0.828. The Morgan fingerprint density at radius 3 is 2.26 bits per heavy atom. The molecule has 1 aromatic heterocycles. The van der Waals surface area contributed by atoms with Gasteiger partial charge in [-0.25, -0.2) is 4.39 Å². The van der Waals surface area contributed by atoms with Gasteiger partial charge in [0.05, 0.1) is 7.11 Å². The van der Waals surface area contributed by atoms with Crippen molar-refractivity contribution in [1.82, 2.24) is 10.2 Å². The van der Waals surface area contributed by atoms with Gasteiger partial charge in [0.1, 0.15) is 17.4 Å². The lowest BCUT2D eigenvalue weighted by Crippen LogP contribution is -2.14. The van der Waals surface area contributed by atoms with E-state index in [1.54, 1.807) is 19.2 Å². The average molecular weight is 366 g/mol. The molecule has 0 spiro atoms. The molecular weight excluding hydrogens is 347 g/mol. The van der Waals surface area contributed by atoms with Crippen LogP contribution in [-0.2, 0) is 6.42 Å². The predicted molar refractivity (Wildman–Crippen MR) is 102 cm³/mol. The highest BCUT2D eigenvalue weighted by atomic mass is 19.1. The highest BCUT2D eigenvalue weighted by Gasteiger charge is 2.07. The zero-order valence-corrected chi connectivity index (χ0v) is 14.8. The van der Waals surface area contributed by atoms with E-state index in [4.69, 9.17) is 4.74 Å². The number of rotatable bonds is 7. The molecule has 0 bridgehead atoms. The van der Waals surface area contributed by atoms with Crippen molar-refractivity contribution < 1.29 is 13.9 Å². The Kier molecular flexibility index (Phi) is 5.94. The lowest BCUT2D eigenvalue weighted by Gasteiger charge is -2.07. The van der Waals surface area contributed by atoms with Crippen molar-refractivity contribution in [2.75, 3.05) is 24.3 Å². The molecule has 0 aliphatic carbocycles. The van der Waals surface area contributed by atoms with Crippen LogP contribution in [0.2, 0.25) is 0 Å². The number of anilines is 2. The number of hydrogen-bond acceptors (Lipinski definition) is 5. The first-order valence-corrected chi connectivity index (χ1v) is 8.41. The number of hydrogen-bond donors (Lipinski definition) is 2. The normalized spacial score (nSPS) is 10.3. The van der Waals surface area contributed by atoms with E-state index in [0.717, 1.165) is 12.2 Å². The maximum Gasteiger partial charge on any atom is 0.256 e. The van der Waals surface area contributed by atoms with Crippen LogP contribution < -0.4 is 15.4 Å². The minimum absolute atomic E-state index is 0.324. The van der Waals surface area contributed by atoms with Crippen LogP contribution in [0.4, 0.5) is 16.0 Å². The zero-order chi connectivity index (χ0) is 19.1. The number of nitrogens with zero attached hydrogens (tertiary/aromatic N) is 2. The molecule has 0 saturated heterocycles. The first kappa shape index (κ1) is 18.3. The SMILES string of the molecule is COc1ccc(CCNc2ccc(NC(=O)c3ccc(F)cc3)nn2)cc1. The van der Waals surface area contributed by atoms with Crippen LogP contribution in [0, 0.1) is 5.82 Å². The average Bonchev–Trinajstić information content (AvgIpc) is 2.70. The fourth-order valence-electron chi connectivity index (χ4n) is 2.41. The Labute approximate surface area is 156 Å². The van der Waals surface area contributed by atoms with Gasteiger partial charge in [0.2, 0.25) is 0 Å². The van der Waals surface area contributed by atoms with Crippen LogP contribution in [-0.4, -0.2) is 29.8 Å². The van der Waals surface area contributed by atoms with Gasteiger partial charge in [0.15, 0.2) is 5.82 Å². The van der Waals surface area contributed by atoms with Crippen molar-refractivity contribution in [1.29, 1.82) is 0 Å². The maximum absolute atomic E-state index is 12.9. The van der Waals surface area contributed by atoms with Crippen LogP contribution in [0.1, 0.15) is 15.9 Å². The summed E-state index contributed by atoms with van der Waals surface area (Å²) in [6, 6.07) is 16.6. The molecular formula is C20H19FN4O2. The van der Waals surface area contributed by atoms with E-state index in [2.05, 4.69) is 20.8 Å². The van der Waals surface area contributed by atoms with Gasteiger partial charge in [-0.3, -0.25) is 4.79 Å². The summed E-state index contributed by atoms with van der Waals surface area (Å²) in [4.78, 5) is 12.1. The van der Waals surface area contributed by atoms with Gasteiger partial charge in [-0.1, -0.05) is 12.1 Å². The monoisotopic (exact) mass is 366 g/mol. The summed E-state index contributed by atoms with van der Waals surface area (Å²) in [6.45, 7) is 0.697. The smallest absolute Gasteiger partial charge is 0.256 e. The van der Waals surface area contributed by atoms with Gasteiger partial charge in [0, 0.05) is 12.1 Å². The number of halogens is 1. The number of nitrogens with one attached hydrogen (secondary N) is 2. The third kappa shape index (κ3) is 5.24. The van der Waals surface area contributed by atoms with Gasteiger partial charge in [-0.2, -0.15) is 0 Å². The molecule has 0 aliphatic heterocycles. The number of methoxy groups -OCH3 is 1. The van der Waals surface area contributed by atoms with Crippen LogP contribution in [0.15, 0.2) is 60.7 Å². The second-order valence-electron chi connectivity index (χ2n) is 5.79. The van der Waals surface area contributed by atoms with Gasteiger partial charge < -0.3 is 15.4 Å². The lowest BCUT2D eigenvalue weighted by molar-refractivity contribution is 0.102. The highest BCUT2D eigenvalue weighted by Crippen LogP contribution is 2.12. The van der Waals surface area contributed by atoms with Crippen molar-refractivity contribution in [3.05, 3.63) is 77.6 Å². The summed E-state index contributed by atoms with van der Waals surface area (Å²) in [7, 11) is 1.64. The summed E-state index contributed by atoms with van der Waals surface area (Å²) >= 11 is 0. The quantitative estimate of drug-likeness (QED) is 0.669. The summed E-state index contributed by atoms with van der Waals surface area (Å²) in [5.74, 6) is 1.00. The standard InChI is InChI=1S/C20H19FN4O2/c1-27-17-8-2-14(3-9-17)12-13-22-18-10-11-19(25-24-18)23-20(26)15-4-6-16(21)7-5-15/h2-11H,12-13H2,1H3,(H,22,24)(H,23,25,26). The molecule has 138 valence electrons. The largest absolute Gasteiger partial charge is 0.497 e. The van der Waals surface area contributed by atoms with Gasteiger partial charge >= 0.3 is 0 Å². The molecule has 0 atom stereocenters. The van der Waals surface area contributed by atoms with Gasteiger partial charge in [-0.05, 0) is 60.5 Å². The number of amides is 1. The summed E-state index contributed by atoms with van der Waals surface area (Å²) in [5, 5.41) is 13.8. The van der Waals surface area contributed by atoms with E-state index in [9.17, 15) is 9.18 Å². The molecule has 3 aromatic rings. The first-order valence-electron chi connectivity index (χ1n) is 8.41. The minimum Gasteiger partial charge on any atom is -0.497 e. The number of carbonyl (C=O) groups is 1. The predicted octanol–water partition coefficient (Wildman–Crippen LogP) is 3.53. The Morgan fingerprint density at radius 1 is 0.963 bits per heavy atom. The molecule has 0 radical (unpaired) electrons. The fourth-order valence-corrected chi connectivity index (χ4v) is 2.41. The van der Waals surface area contributed by atoms with Gasteiger partial charge in [-0.15, -0.1) is 10.2 Å². The molecule has 0 saturated carbocycles. The zero-order valence-electron chi connectivity index (χ0n) is 14.8. The van der Waals surface area contributed by atoms with Gasteiger partial charge in [0.25, 0.3) is 5.91 Å². The Morgan fingerprint density at radius 2 is 1.63 bits per heavy atom. The van der Waals surface area contributed by atoms with E-state index in [0.29, 0.717) is 23.7 Å². The third-order valence-corrected chi connectivity index (χ3v) is 3.89. The third-order valence-electron chi connectivity index (χ3n) is 3.89. The molecule has 0 unspecified atom stereocenters. The summed E-state index contributed by atoms with van der Waals surface area (Å²) in [5.41, 5.74) is 1.53. The van der Waals surface area contributed by atoms with Crippen LogP contribution in [0.5, 0.6) is 5.75 Å². The van der Waals surface area contributed by atoms with Crippen molar-refractivity contribution in [3.63, 3.8) is 0 Å². The van der Waals surface area contributed by atoms with Crippen LogP contribution >= 0.6 is 0 Å². The molecule has 7 heteroatoms. The van der Waals surface area contributed by atoms with Crippen molar-refractivity contribution in [2.24, 2.45) is 0 Å². The first-order chi connectivity index (χ1) is 13.1. The topological polar surface area (TPSA) is 76.1 Å². The van der Waals surface area contributed by atoms with Crippen molar-refractivity contribution >= 4 is 17.5 Å². The van der Waals surface area contributed by atoms with E-state index >= 15 is 0 Å². The second-order valence-corrected chi connectivity index (χ2v) is 5.79. The minimum atomic E-state index is -0.392. The molecule has 6 nitrogen and oxygen atoms in total. The molecule has 1 heterocycles. The van der Waals surface area contributed by atoms with Crippen LogP contribution in [0.3, 0.4) is 0 Å². The molecule has 1 amide bonds. The van der Waals surface area contributed by atoms with E-state index in [1.807, 2.05) is 24.3 Å². The van der Waals surface area contributed by atoms with Crippen molar-refractivity contribution in [2.45, 2.75) is 6.42 Å². The highest BCUT2D eigenvalue weighted by molar-refractivity contribution is 6.03. The Hall–Kier alpha value is -3.48. The number of aromatic nitrogens is 2. The Balaban J connectivity index is 1.49. The van der Waals surface area contributed by atoms with Crippen molar-refractivity contribution in [3.8, 4) is 5.75 Å². The molecule has 0 aliphatic rings. The molecule has 3 rings (SSSR count). The molecule has 2 aromatic carbocycles. The lowest BCUT2D eigenvalue weighted by atomic mass is 10.1. The fraction of sp³-hybridized carbons (Fsp3) is 0.150. The molecule has 27 heavy (non-hydrogen) atoms.